The summed E-state index contributed by atoms with van der Waals surface area (Å²) in [5, 5.41) is 0. The number of fused-ring (bicyclic) bond motifs is 1. The predicted molar refractivity (Wildman–Crippen MR) is 164 cm³/mol. The van der Waals surface area contributed by atoms with Gasteiger partial charge >= 0.3 is 0 Å². The predicted octanol–water partition coefficient (Wildman–Crippen LogP) is 10.8. The molecule has 3 aromatic rings. The van der Waals surface area contributed by atoms with Gasteiger partial charge in [0.1, 0.15) is 0 Å². The molecule has 0 aliphatic heterocycles. The molecule has 0 atom stereocenters. The maximum Gasteiger partial charge on any atom is -0.0146 e. The van der Waals surface area contributed by atoms with Gasteiger partial charge in [0.2, 0.25) is 0 Å². The molecule has 2 aliphatic rings. The molecule has 0 aromatic heterocycles. The number of rotatable bonds is 5. The van der Waals surface area contributed by atoms with Crippen LogP contribution in [-0.4, -0.2) is 0 Å². The van der Waals surface area contributed by atoms with Crippen molar-refractivity contribution in [3.63, 3.8) is 0 Å². The van der Waals surface area contributed by atoms with E-state index in [0.717, 1.165) is 19.3 Å². The molecule has 2 aliphatic carbocycles. The molecule has 0 radical (unpaired) electrons. The molecule has 0 heterocycles. The van der Waals surface area contributed by atoms with Gasteiger partial charge in [-0.1, -0.05) is 91.8 Å². The molecule has 0 saturated carbocycles. The van der Waals surface area contributed by atoms with Crippen LogP contribution in [0.4, 0.5) is 0 Å². The van der Waals surface area contributed by atoms with Crippen LogP contribution >= 0.6 is 0 Å². The van der Waals surface area contributed by atoms with Gasteiger partial charge in [-0.05, 0) is 133 Å². The molecule has 0 spiro atoms. The highest BCUT2D eigenvalue weighted by Crippen LogP contribution is 2.45. The summed E-state index contributed by atoms with van der Waals surface area (Å²) in [5.41, 5.74) is 19.9. The first-order valence-electron chi connectivity index (χ1n) is 14.0. The summed E-state index contributed by atoms with van der Waals surface area (Å²) in [5.74, 6) is 0. The zero-order valence-corrected chi connectivity index (χ0v) is 23.5. The first kappa shape index (κ1) is 25.3. The van der Waals surface area contributed by atoms with E-state index in [1.807, 2.05) is 0 Å². The van der Waals surface area contributed by atoms with Crippen LogP contribution < -0.4 is 0 Å². The van der Waals surface area contributed by atoms with Gasteiger partial charge in [-0.15, -0.1) is 0 Å². The van der Waals surface area contributed by atoms with Crippen molar-refractivity contribution >= 4 is 23.3 Å². The molecule has 5 rings (SSSR count). The zero-order chi connectivity index (χ0) is 26.1. The maximum atomic E-state index is 2.45. The number of benzene rings is 3. The largest absolute Gasteiger partial charge is 0.0801 e. The second-order valence-electron chi connectivity index (χ2n) is 10.9. The molecule has 0 heteroatoms. The van der Waals surface area contributed by atoms with Crippen LogP contribution in [0.3, 0.4) is 0 Å². The minimum atomic E-state index is 1.01. The van der Waals surface area contributed by atoms with Crippen molar-refractivity contribution in [1.29, 1.82) is 0 Å². The van der Waals surface area contributed by atoms with Crippen molar-refractivity contribution in [1.82, 2.24) is 0 Å². The minimum Gasteiger partial charge on any atom is -0.0801 e. The van der Waals surface area contributed by atoms with Crippen LogP contribution in [0.25, 0.3) is 34.4 Å². The van der Waals surface area contributed by atoms with Crippen LogP contribution in [-0.2, 0) is 0 Å². The average Bonchev–Trinajstić information content (AvgIpc) is 3.14. The van der Waals surface area contributed by atoms with Crippen molar-refractivity contribution in [2.24, 2.45) is 0 Å². The van der Waals surface area contributed by atoms with E-state index in [4.69, 9.17) is 0 Å². The summed E-state index contributed by atoms with van der Waals surface area (Å²) in [6.07, 6.45) is 14.8. The molecule has 3 aromatic carbocycles. The van der Waals surface area contributed by atoms with E-state index in [-0.39, 0.29) is 0 Å². The summed E-state index contributed by atoms with van der Waals surface area (Å²) in [6, 6.07) is 18.3. The van der Waals surface area contributed by atoms with Crippen molar-refractivity contribution in [2.45, 2.75) is 73.6 Å². The second kappa shape index (κ2) is 10.5. The molecule has 0 fully saturated rings. The van der Waals surface area contributed by atoms with Gasteiger partial charge in [0, 0.05) is 0 Å². The van der Waals surface area contributed by atoms with E-state index >= 15 is 0 Å². The smallest absolute Gasteiger partial charge is 0.0146 e. The van der Waals surface area contributed by atoms with Gasteiger partial charge in [0.25, 0.3) is 0 Å². The molecular formula is C37H40. The van der Waals surface area contributed by atoms with Crippen LogP contribution in [0.1, 0.15) is 90.5 Å². The van der Waals surface area contributed by atoms with Gasteiger partial charge in [0.15, 0.2) is 0 Å². The quantitative estimate of drug-likeness (QED) is 0.338. The van der Waals surface area contributed by atoms with E-state index in [0.29, 0.717) is 0 Å². The number of allylic oxidation sites excluding steroid dienone is 6. The molecule has 188 valence electrons. The SMILES string of the molecule is CCCC1=C(c2ccc3c(c2C)C=CCC=C3)C(C)=C(c2cc(C)c(-c3ccccc3C)cc2C)CC1. The number of aryl methyl sites for hydroxylation is 3. The summed E-state index contributed by atoms with van der Waals surface area (Å²) >= 11 is 0. The Kier molecular flexibility index (Phi) is 7.20. The highest BCUT2D eigenvalue weighted by atomic mass is 14.3. The minimum absolute atomic E-state index is 1.01. The lowest BCUT2D eigenvalue weighted by Gasteiger charge is -2.28. The Bertz CT molecular complexity index is 1480. The highest BCUT2D eigenvalue weighted by molar-refractivity contribution is 5.95. The van der Waals surface area contributed by atoms with Crippen molar-refractivity contribution in [2.75, 3.05) is 0 Å². The van der Waals surface area contributed by atoms with E-state index < -0.39 is 0 Å². The van der Waals surface area contributed by atoms with Gasteiger partial charge in [-0.2, -0.15) is 0 Å². The van der Waals surface area contributed by atoms with Gasteiger partial charge in [0.05, 0.1) is 0 Å². The Balaban J connectivity index is 1.66. The molecule has 0 unspecified atom stereocenters. The number of hydrogen-bond acceptors (Lipinski definition) is 0. The van der Waals surface area contributed by atoms with E-state index in [9.17, 15) is 0 Å². The molecule has 0 amide bonds. The third-order valence-corrected chi connectivity index (χ3v) is 8.41. The highest BCUT2D eigenvalue weighted by Gasteiger charge is 2.24. The lowest BCUT2D eigenvalue weighted by molar-refractivity contribution is 0.826. The Hall–Kier alpha value is -3.38. The first-order valence-corrected chi connectivity index (χ1v) is 14.0. The molecule has 0 N–H and O–H groups in total. The third-order valence-electron chi connectivity index (χ3n) is 8.41. The summed E-state index contributed by atoms with van der Waals surface area (Å²) in [4.78, 5) is 0. The van der Waals surface area contributed by atoms with Crippen LogP contribution in [0, 0.1) is 27.7 Å². The Labute approximate surface area is 224 Å². The van der Waals surface area contributed by atoms with E-state index in [2.05, 4.69) is 114 Å². The molecule has 0 nitrogen and oxygen atoms in total. The average molecular weight is 485 g/mol. The molecule has 0 bridgehead atoms. The fourth-order valence-electron chi connectivity index (χ4n) is 6.44. The summed E-state index contributed by atoms with van der Waals surface area (Å²) in [7, 11) is 0. The Morgan fingerprint density at radius 3 is 2.19 bits per heavy atom. The van der Waals surface area contributed by atoms with E-state index in [1.54, 1.807) is 5.57 Å². The third kappa shape index (κ3) is 4.71. The van der Waals surface area contributed by atoms with Crippen LogP contribution in [0.15, 0.2) is 71.8 Å². The Morgan fingerprint density at radius 2 is 1.41 bits per heavy atom. The number of hydrogen-bond donors (Lipinski definition) is 0. The fourth-order valence-corrected chi connectivity index (χ4v) is 6.44. The summed E-state index contributed by atoms with van der Waals surface area (Å²) < 4.78 is 0. The van der Waals surface area contributed by atoms with Gasteiger partial charge < -0.3 is 0 Å². The monoisotopic (exact) mass is 484 g/mol. The topological polar surface area (TPSA) is 0 Å². The maximum absolute atomic E-state index is 2.45. The van der Waals surface area contributed by atoms with Crippen molar-refractivity contribution in [3.05, 3.63) is 116 Å². The van der Waals surface area contributed by atoms with Crippen molar-refractivity contribution in [3.8, 4) is 11.1 Å². The standard InChI is InChI=1S/C37H40/c1-7-13-30-19-20-33(36-23-25(3)35(22-26(36)4)31-16-12-11-14-24(31)2)28(6)37(30)34-21-18-29-15-9-8-10-17-32(29)27(34)5/h9-12,14-18,21-23H,7-8,13,19-20H2,1-6H3. The van der Waals surface area contributed by atoms with Gasteiger partial charge in [-0.25, -0.2) is 0 Å². The second-order valence-corrected chi connectivity index (χ2v) is 10.9. The molecular weight excluding hydrogens is 444 g/mol. The van der Waals surface area contributed by atoms with Crippen LogP contribution in [0.5, 0.6) is 0 Å². The van der Waals surface area contributed by atoms with Gasteiger partial charge in [-0.3, -0.25) is 0 Å². The fraction of sp³-hybridized carbons (Fsp3) is 0.297. The molecule has 0 saturated heterocycles. The van der Waals surface area contributed by atoms with E-state index in [1.165, 1.54) is 85.2 Å². The van der Waals surface area contributed by atoms with Crippen LogP contribution in [0.2, 0.25) is 0 Å². The molecule has 37 heavy (non-hydrogen) atoms. The lowest BCUT2D eigenvalue weighted by atomic mass is 9.76. The Morgan fingerprint density at radius 1 is 0.676 bits per heavy atom. The van der Waals surface area contributed by atoms with Crippen molar-refractivity contribution < 1.29 is 0 Å². The summed E-state index contributed by atoms with van der Waals surface area (Å²) in [6.45, 7) is 13.8. The lowest BCUT2D eigenvalue weighted by Crippen LogP contribution is -2.07. The zero-order valence-electron chi connectivity index (χ0n) is 23.5. The normalized spacial score (nSPS) is 15.3. The first-order chi connectivity index (χ1) is 17.9.